The summed E-state index contributed by atoms with van der Waals surface area (Å²) in [6, 6.07) is 33.1. The zero-order valence-corrected chi connectivity index (χ0v) is 19.5. The van der Waals surface area contributed by atoms with Gasteiger partial charge in [-0.3, -0.25) is 0 Å². The van der Waals surface area contributed by atoms with Crippen LogP contribution in [0, 0.1) is 0 Å². The summed E-state index contributed by atoms with van der Waals surface area (Å²) in [4.78, 5) is 4.32. The summed E-state index contributed by atoms with van der Waals surface area (Å²) in [5.41, 5.74) is 10.5. The minimum atomic E-state index is -0.142. The maximum absolute atomic E-state index is 5.68. The molecule has 7 aromatic rings. The normalized spacial score (nSPS) is 14.2. The average molecular weight is 451 g/mol. The standard InChI is InChI=1S/C32H22N2O/c1-32(2)26-16-20-8-4-3-7-19(20)15-25(26)23-12-13-24-22-9-5-6-10-28(22)34(31(24)30(23)32)21-11-14-27-29(17-21)35-18-33-27/h3-18H,1-2H3. The summed E-state index contributed by atoms with van der Waals surface area (Å²) in [6.45, 7) is 4.74. The van der Waals surface area contributed by atoms with Crippen LogP contribution < -0.4 is 0 Å². The van der Waals surface area contributed by atoms with E-state index in [0.29, 0.717) is 0 Å². The number of rotatable bonds is 1. The Bertz CT molecular complexity index is 1990. The predicted octanol–water partition coefficient (Wildman–Crippen LogP) is 8.38. The smallest absolute Gasteiger partial charge is 0.181 e. The molecule has 8 rings (SSSR count). The largest absolute Gasteiger partial charge is 0.443 e. The van der Waals surface area contributed by atoms with Crippen molar-refractivity contribution in [2.24, 2.45) is 0 Å². The monoisotopic (exact) mass is 450 g/mol. The maximum atomic E-state index is 5.68. The minimum Gasteiger partial charge on any atom is -0.443 e. The van der Waals surface area contributed by atoms with E-state index < -0.39 is 0 Å². The number of aromatic nitrogens is 2. The Morgan fingerprint density at radius 2 is 1.54 bits per heavy atom. The van der Waals surface area contributed by atoms with Gasteiger partial charge in [0, 0.05) is 22.3 Å². The van der Waals surface area contributed by atoms with Crippen LogP contribution in [0.15, 0.2) is 102 Å². The Morgan fingerprint density at radius 1 is 0.743 bits per heavy atom. The molecule has 2 aromatic heterocycles. The van der Waals surface area contributed by atoms with Crippen molar-refractivity contribution in [3.63, 3.8) is 0 Å². The Hall–Kier alpha value is -4.37. The highest BCUT2D eigenvalue weighted by Gasteiger charge is 2.38. The van der Waals surface area contributed by atoms with Crippen molar-refractivity contribution >= 4 is 43.7 Å². The molecule has 0 spiro atoms. The SMILES string of the molecule is CC1(C)c2cc3ccccc3cc2-c2ccc3c4ccccc4n(-c4ccc5ncoc5c4)c3c21. The lowest BCUT2D eigenvalue weighted by molar-refractivity contribution is 0.602. The van der Waals surface area contributed by atoms with E-state index in [0.717, 1.165) is 16.8 Å². The number of nitrogens with zero attached hydrogens (tertiary/aromatic N) is 2. The second-order valence-electron chi connectivity index (χ2n) is 10.1. The molecule has 0 N–H and O–H groups in total. The molecule has 0 aliphatic heterocycles. The van der Waals surface area contributed by atoms with E-state index in [9.17, 15) is 0 Å². The molecule has 0 radical (unpaired) electrons. The lowest BCUT2D eigenvalue weighted by atomic mass is 9.81. The van der Waals surface area contributed by atoms with Crippen molar-refractivity contribution < 1.29 is 4.42 Å². The number of hydrogen-bond acceptors (Lipinski definition) is 2. The number of oxazole rings is 1. The van der Waals surface area contributed by atoms with Gasteiger partial charge in [-0.2, -0.15) is 0 Å². The Balaban J connectivity index is 1.55. The second-order valence-corrected chi connectivity index (χ2v) is 10.1. The third-order valence-electron chi connectivity index (χ3n) is 7.88. The molecule has 0 saturated carbocycles. The first-order chi connectivity index (χ1) is 17.1. The molecule has 3 nitrogen and oxygen atoms in total. The first kappa shape index (κ1) is 19.0. The van der Waals surface area contributed by atoms with Gasteiger partial charge in [0.15, 0.2) is 12.0 Å². The molecule has 0 atom stereocenters. The van der Waals surface area contributed by atoms with Crippen LogP contribution >= 0.6 is 0 Å². The van der Waals surface area contributed by atoms with Crippen molar-refractivity contribution in [1.82, 2.24) is 9.55 Å². The van der Waals surface area contributed by atoms with Crippen LogP contribution in [0.25, 0.3) is 60.5 Å². The number of hydrogen-bond donors (Lipinski definition) is 0. The summed E-state index contributed by atoms with van der Waals surface area (Å²) in [7, 11) is 0. The first-order valence-corrected chi connectivity index (χ1v) is 12.1. The Kier molecular flexibility index (Phi) is 3.47. The molecular weight excluding hydrogens is 428 g/mol. The molecule has 35 heavy (non-hydrogen) atoms. The maximum Gasteiger partial charge on any atom is 0.181 e. The summed E-state index contributed by atoms with van der Waals surface area (Å²) in [5, 5.41) is 5.12. The van der Waals surface area contributed by atoms with Gasteiger partial charge in [-0.05, 0) is 63.4 Å². The molecule has 2 heterocycles. The Labute approximate surface area is 202 Å². The number of para-hydroxylation sites is 1. The molecule has 3 heteroatoms. The van der Waals surface area contributed by atoms with Gasteiger partial charge in [-0.25, -0.2) is 4.98 Å². The molecule has 0 fully saturated rings. The van der Waals surface area contributed by atoms with Gasteiger partial charge in [-0.15, -0.1) is 0 Å². The van der Waals surface area contributed by atoms with Crippen molar-refractivity contribution in [1.29, 1.82) is 0 Å². The summed E-state index contributed by atoms with van der Waals surface area (Å²) in [5.74, 6) is 0. The topological polar surface area (TPSA) is 31.0 Å². The van der Waals surface area contributed by atoms with Gasteiger partial charge >= 0.3 is 0 Å². The van der Waals surface area contributed by atoms with Crippen LogP contribution in [0.4, 0.5) is 0 Å². The molecule has 5 aromatic carbocycles. The predicted molar refractivity (Wildman–Crippen MR) is 143 cm³/mol. The van der Waals surface area contributed by atoms with E-state index in [1.54, 1.807) is 0 Å². The van der Waals surface area contributed by atoms with Gasteiger partial charge in [0.25, 0.3) is 0 Å². The third-order valence-corrected chi connectivity index (χ3v) is 7.88. The van der Waals surface area contributed by atoms with Crippen LogP contribution in [0.3, 0.4) is 0 Å². The zero-order valence-electron chi connectivity index (χ0n) is 19.5. The van der Waals surface area contributed by atoms with Crippen molar-refractivity contribution in [2.45, 2.75) is 19.3 Å². The van der Waals surface area contributed by atoms with Gasteiger partial charge in [0.05, 0.1) is 16.7 Å². The van der Waals surface area contributed by atoms with Gasteiger partial charge < -0.3 is 8.98 Å². The first-order valence-electron chi connectivity index (χ1n) is 12.1. The van der Waals surface area contributed by atoms with Crippen LogP contribution in [0.2, 0.25) is 0 Å². The molecular formula is C32H22N2O. The highest BCUT2D eigenvalue weighted by atomic mass is 16.3. The molecule has 0 bridgehead atoms. The quantitative estimate of drug-likeness (QED) is 0.251. The van der Waals surface area contributed by atoms with Gasteiger partial charge in [0.1, 0.15) is 5.52 Å². The minimum absolute atomic E-state index is 0.142. The van der Waals surface area contributed by atoms with Crippen LogP contribution in [0.5, 0.6) is 0 Å². The van der Waals surface area contributed by atoms with E-state index >= 15 is 0 Å². The molecule has 166 valence electrons. The lowest BCUT2D eigenvalue weighted by Gasteiger charge is -2.24. The van der Waals surface area contributed by atoms with E-state index in [4.69, 9.17) is 4.42 Å². The fourth-order valence-corrected chi connectivity index (χ4v) is 6.28. The van der Waals surface area contributed by atoms with E-state index in [1.165, 1.54) is 61.2 Å². The molecule has 1 aliphatic rings. The van der Waals surface area contributed by atoms with E-state index in [1.807, 2.05) is 6.07 Å². The third kappa shape index (κ3) is 2.37. The fourth-order valence-electron chi connectivity index (χ4n) is 6.28. The van der Waals surface area contributed by atoms with Crippen LogP contribution in [-0.4, -0.2) is 9.55 Å². The fraction of sp³-hybridized carbons (Fsp3) is 0.0938. The molecule has 1 aliphatic carbocycles. The van der Waals surface area contributed by atoms with Crippen molar-refractivity contribution in [3.05, 3.63) is 109 Å². The van der Waals surface area contributed by atoms with Crippen molar-refractivity contribution in [2.75, 3.05) is 0 Å². The number of fused-ring (bicyclic) bond motifs is 9. The molecule has 0 unspecified atom stereocenters. The molecule has 0 amide bonds. The highest BCUT2D eigenvalue weighted by Crippen LogP contribution is 2.53. The summed E-state index contributed by atoms with van der Waals surface area (Å²) >= 11 is 0. The highest BCUT2D eigenvalue weighted by molar-refractivity contribution is 6.13. The van der Waals surface area contributed by atoms with E-state index in [2.05, 4.69) is 108 Å². The van der Waals surface area contributed by atoms with E-state index in [-0.39, 0.29) is 5.41 Å². The zero-order chi connectivity index (χ0) is 23.3. The van der Waals surface area contributed by atoms with Crippen LogP contribution in [0.1, 0.15) is 25.0 Å². The number of benzene rings is 5. The summed E-state index contributed by atoms with van der Waals surface area (Å²) < 4.78 is 8.10. The second kappa shape index (κ2) is 6.39. The van der Waals surface area contributed by atoms with Crippen molar-refractivity contribution in [3.8, 4) is 16.8 Å². The van der Waals surface area contributed by atoms with Gasteiger partial charge in [-0.1, -0.05) is 68.4 Å². The average Bonchev–Trinajstić information content (AvgIpc) is 3.54. The summed E-state index contributed by atoms with van der Waals surface area (Å²) in [6.07, 6.45) is 1.52. The molecule has 0 saturated heterocycles. The van der Waals surface area contributed by atoms with Crippen LogP contribution in [-0.2, 0) is 5.41 Å². The Morgan fingerprint density at radius 3 is 2.43 bits per heavy atom. The van der Waals surface area contributed by atoms with Gasteiger partial charge in [0.2, 0.25) is 0 Å². The lowest BCUT2D eigenvalue weighted by Crippen LogP contribution is -2.16.